The van der Waals surface area contributed by atoms with E-state index < -0.39 is 12.3 Å². The Bertz CT molecular complexity index is 1140. The molecule has 0 bridgehead atoms. The van der Waals surface area contributed by atoms with E-state index in [0.717, 1.165) is 38.5 Å². The summed E-state index contributed by atoms with van der Waals surface area (Å²) in [7, 11) is 3.41. The molecular formula is C24H33N7O4. The Labute approximate surface area is 203 Å². The number of anilines is 2. The van der Waals surface area contributed by atoms with E-state index in [4.69, 9.17) is 4.74 Å². The predicted octanol–water partition coefficient (Wildman–Crippen LogP) is 1.43. The van der Waals surface area contributed by atoms with Gasteiger partial charge in [0.05, 0.1) is 36.2 Å². The van der Waals surface area contributed by atoms with Crippen molar-refractivity contribution in [1.29, 1.82) is 0 Å². The lowest BCUT2D eigenvalue weighted by Crippen LogP contribution is -2.51. The van der Waals surface area contributed by atoms with Gasteiger partial charge in [-0.3, -0.25) is 4.79 Å². The van der Waals surface area contributed by atoms with Crippen LogP contribution in [0.15, 0.2) is 36.3 Å². The number of fused-ring (bicyclic) bond motifs is 1. The molecule has 0 radical (unpaired) electrons. The summed E-state index contributed by atoms with van der Waals surface area (Å²) in [5.74, 6) is 0.839. The third-order valence-corrected chi connectivity index (χ3v) is 7.25. The normalized spacial score (nSPS) is 28.4. The first kappa shape index (κ1) is 23.6. The standard InChI is InChI=1S/C24H33N7O4/c1-25-21-12-20(27-16-6-5-11-30(24(16)34)17-7-3-4-8-18(17)32)29-22-14(13-26-31(21)22)23(33)28-15-9-10-19(15)35-2/h5-6,11-13,15,17-19,24-25,32,34H,3-4,7-10H2,1-2H3,(H,27,29)(H,28,33)/t15-,17+,18-,19-,24?/m0/s1. The molecule has 11 nitrogen and oxygen atoms in total. The SMILES string of the molecule is CNc1cc(NC2=CC=CN([C@@H]3CCCC[C@@H]3O)C2O)nc2c(C(=O)N[C@H]3CC[C@@H]3OC)cnn12. The van der Waals surface area contributed by atoms with Crippen molar-refractivity contribution in [3.8, 4) is 0 Å². The van der Waals surface area contributed by atoms with Gasteiger partial charge in [0.1, 0.15) is 17.2 Å². The second-order valence-corrected chi connectivity index (χ2v) is 9.33. The Balaban J connectivity index is 1.38. The highest BCUT2D eigenvalue weighted by molar-refractivity contribution is 6.00. The molecule has 5 rings (SSSR count). The molecule has 2 fully saturated rings. The molecular weight excluding hydrogens is 450 g/mol. The molecule has 3 aliphatic rings. The highest BCUT2D eigenvalue weighted by Gasteiger charge is 2.34. The van der Waals surface area contributed by atoms with E-state index >= 15 is 0 Å². The average Bonchev–Trinajstić information content (AvgIpc) is 3.27. The molecule has 5 N–H and O–H groups in total. The fourth-order valence-corrected chi connectivity index (χ4v) is 5.09. The summed E-state index contributed by atoms with van der Waals surface area (Å²) in [6, 6.07) is 1.60. The Kier molecular flexibility index (Phi) is 6.63. The fourth-order valence-electron chi connectivity index (χ4n) is 5.09. The zero-order valence-electron chi connectivity index (χ0n) is 20.0. The van der Waals surface area contributed by atoms with Crippen LogP contribution in [0.25, 0.3) is 5.65 Å². The van der Waals surface area contributed by atoms with Crippen molar-refractivity contribution < 1.29 is 19.7 Å². The highest BCUT2D eigenvalue weighted by atomic mass is 16.5. The summed E-state index contributed by atoms with van der Waals surface area (Å²) in [5.41, 5.74) is 1.29. The van der Waals surface area contributed by atoms with Gasteiger partial charge in [0, 0.05) is 26.4 Å². The van der Waals surface area contributed by atoms with Gasteiger partial charge in [-0.15, -0.1) is 0 Å². The number of aliphatic hydroxyl groups excluding tert-OH is 2. The number of methoxy groups -OCH3 is 1. The van der Waals surface area contributed by atoms with Crippen LogP contribution in [-0.2, 0) is 4.74 Å². The van der Waals surface area contributed by atoms with E-state index in [1.807, 2.05) is 12.3 Å². The van der Waals surface area contributed by atoms with Crippen molar-refractivity contribution in [3.05, 3.63) is 41.9 Å². The summed E-state index contributed by atoms with van der Waals surface area (Å²) in [6.07, 6.45) is 10.9. The molecule has 11 heteroatoms. The lowest BCUT2D eigenvalue weighted by molar-refractivity contribution is -0.0301. The first-order valence-corrected chi connectivity index (χ1v) is 12.2. The van der Waals surface area contributed by atoms with Crippen molar-refractivity contribution >= 4 is 23.2 Å². The van der Waals surface area contributed by atoms with E-state index in [-0.39, 0.29) is 24.1 Å². The molecule has 3 heterocycles. The van der Waals surface area contributed by atoms with E-state index in [9.17, 15) is 15.0 Å². The second kappa shape index (κ2) is 9.84. The second-order valence-electron chi connectivity index (χ2n) is 9.33. The van der Waals surface area contributed by atoms with E-state index in [1.54, 1.807) is 35.7 Å². The number of hydrogen-bond acceptors (Lipinski definition) is 9. The van der Waals surface area contributed by atoms with E-state index in [2.05, 4.69) is 26.0 Å². The molecule has 1 unspecified atom stereocenters. The number of aromatic nitrogens is 3. The predicted molar refractivity (Wildman–Crippen MR) is 131 cm³/mol. The minimum absolute atomic E-state index is 0.0250. The number of nitrogens with one attached hydrogen (secondary N) is 3. The third-order valence-electron chi connectivity index (χ3n) is 7.25. The maximum absolute atomic E-state index is 13.0. The summed E-state index contributed by atoms with van der Waals surface area (Å²) in [4.78, 5) is 19.4. The maximum atomic E-state index is 13.0. The summed E-state index contributed by atoms with van der Waals surface area (Å²) < 4.78 is 6.96. The number of allylic oxidation sites excluding steroid dienone is 2. The van der Waals surface area contributed by atoms with Crippen LogP contribution in [0.4, 0.5) is 11.6 Å². The number of rotatable bonds is 7. The van der Waals surface area contributed by atoms with Gasteiger partial charge in [0.25, 0.3) is 5.91 Å². The fraction of sp³-hybridized carbons (Fsp3) is 0.542. The van der Waals surface area contributed by atoms with Crippen LogP contribution in [0.3, 0.4) is 0 Å². The minimum atomic E-state index is -0.953. The van der Waals surface area contributed by atoms with Crippen molar-refractivity contribution in [2.45, 2.75) is 69.0 Å². The molecule has 1 amide bonds. The molecule has 35 heavy (non-hydrogen) atoms. The summed E-state index contributed by atoms with van der Waals surface area (Å²) in [5, 5.41) is 35.2. The van der Waals surface area contributed by atoms with Gasteiger partial charge in [-0.1, -0.05) is 12.8 Å². The minimum Gasteiger partial charge on any atom is -0.391 e. The Hall–Kier alpha value is -3.15. The molecule has 2 saturated carbocycles. The monoisotopic (exact) mass is 483 g/mol. The quantitative estimate of drug-likeness (QED) is 0.396. The van der Waals surface area contributed by atoms with Crippen LogP contribution >= 0.6 is 0 Å². The van der Waals surface area contributed by atoms with Gasteiger partial charge in [0.2, 0.25) is 0 Å². The topological polar surface area (TPSA) is 136 Å². The number of carbonyl (C=O) groups excluding carboxylic acids is 1. The zero-order chi connectivity index (χ0) is 24.5. The first-order chi connectivity index (χ1) is 17.0. The average molecular weight is 484 g/mol. The molecule has 2 aliphatic carbocycles. The molecule has 0 saturated heterocycles. The molecule has 2 aromatic heterocycles. The molecule has 188 valence electrons. The smallest absolute Gasteiger partial charge is 0.257 e. The lowest BCUT2D eigenvalue weighted by Gasteiger charge is -2.41. The van der Waals surface area contributed by atoms with Crippen LogP contribution in [0, 0.1) is 0 Å². The van der Waals surface area contributed by atoms with E-state index in [1.165, 1.54) is 6.20 Å². The first-order valence-electron chi connectivity index (χ1n) is 12.2. The Morgan fingerprint density at radius 1 is 1.20 bits per heavy atom. The molecule has 0 aromatic carbocycles. The number of amides is 1. The van der Waals surface area contributed by atoms with Crippen molar-refractivity contribution in [2.75, 3.05) is 24.8 Å². The maximum Gasteiger partial charge on any atom is 0.257 e. The van der Waals surface area contributed by atoms with Gasteiger partial charge in [0.15, 0.2) is 11.9 Å². The van der Waals surface area contributed by atoms with Crippen molar-refractivity contribution in [1.82, 2.24) is 24.8 Å². The summed E-state index contributed by atoms with van der Waals surface area (Å²) >= 11 is 0. The third kappa shape index (κ3) is 4.46. The lowest BCUT2D eigenvalue weighted by atomic mass is 9.89. The van der Waals surface area contributed by atoms with Gasteiger partial charge in [-0.2, -0.15) is 9.61 Å². The molecule has 5 atom stereocenters. The van der Waals surface area contributed by atoms with Gasteiger partial charge < -0.3 is 35.8 Å². The Morgan fingerprint density at radius 3 is 2.74 bits per heavy atom. The van der Waals surface area contributed by atoms with Crippen LogP contribution in [0.2, 0.25) is 0 Å². The number of carbonyl (C=O) groups is 1. The number of nitrogens with zero attached hydrogens (tertiary/aromatic N) is 4. The van der Waals surface area contributed by atoms with Crippen LogP contribution < -0.4 is 16.0 Å². The molecule has 1 aliphatic heterocycles. The van der Waals surface area contributed by atoms with Crippen LogP contribution in [0.5, 0.6) is 0 Å². The van der Waals surface area contributed by atoms with Gasteiger partial charge >= 0.3 is 0 Å². The number of hydrogen-bond donors (Lipinski definition) is 5. The van der Waals surface area contributed by atoms with Gasteiger partial charge in [-0.05, 0) is 37.8 Å². The number of ether oxygens (including phenoxy) is 1. The van der Waals surface area contributed by atoms with Crippen LogP contribution in [0.1, 0.15) is 48.9 Å². The van der Waals surface area contributed by atoms with Crippen molar-refractivity contribution in [2.24, 2.45) is 0 Å². The van der Waals surface area contributed by atoms with Crippen molar-refractivity contribution in [3.63, 3.8) is 0 Å². The highest BCUT2D eigenvalue weighted by Crippen LogP contribution is 2.29. The van der Waals surface area contributed by atoms with Gasteiger partial charge in [-0.25, -0.2) is 4.98 Å². The Morgan fingerprint density at radius 2 is 2.03 bits per heavy atom. The zero-order valence-corrected chi connectivity index (χ0v) is 20.0. The molecule has 2 aromatic rings. The summed E-state index contributed by atoms with van der Waals surface area (Å²) in [6.45, 7) is 0. The number of aliphatic hydroxyl groups is 2. The van der Waals surface area contributed by atoms with E-state index in [0.29, 0.717) is 28.5 Å². The largest absolute Gasteiger partial charge is 0.391 e. The van der Waals surface area contributed by atoms with Crippen LogP contribution in [-0.4, -0.2) is 80.3 Å². The molecule has 0 spiro atoms.